The number of nitrogens with one attached hydrogen (secondary N) is 1. The fourth-order valence-electron chi connectivity index (χ4n) is 5.39. The first-order valence-corrected chi connectivity index (χ1v) is 9.63. The number of hydrogen-bond acceptors (Lipinski definition) is 6. The Hall–Kier alpha value is -1.50. The number of rotatable bonds is 5. The Labute approximate surface area is 145 Å². The van der Waals surface area contributed by atoms with Gasteiger partial charge in [0.25, 0.3) is 5.91 Å². The second kappa shape index (κ2) is 6.10. The maximum absolute atomic E-state index is 12.3. The van der Waals surface area contributed by atoms with E-state index in [4.69, 9.17) is 4.74 Å². The molecule has 1 heterocycles. The molecular formula is C17H23N3O3S. The zero-order valence-corrected chi connectivity index (χ0v) is 14.7. The molecule has 0 unspecified atom stereocenters. The van der Waals surface area contributed by atoms with Crippen LogP contribution in [-0.2, 0) is 16.0 Å². The molecule has 1 aromatic heterocycles. The maximum Gasteiger partial charge on any atom is 0.352 e. The minimum absolute atomic E-state index is 0.0428. The monoisotopic (exact) mass is 349 g/mol. The van der Waals surface area contributed by atoms with Crippen LogP contribution in [0.2, 0.25) is 0 Å². The molecule has 0 saturated heterocycles. The summed E-state index contributed by atoms with van der Waals surface area (Å²) in [6.07, 6.45) is 7.92. The van der Waals surface area contributed by atoms with Crippen LogP contribution in [0.25, 0.3) is 0 Å². The molecule has 4 saturated carbocycles. The van der Waals surface area contributed by atoms with Gasteiger partial charge < -0.3 is 10.1 Å². The summed E-state index contributed by atoms with van der Waals surface area (Å²) in [4.78, 5) is 24.8. The zero-order valence-electron chi connectivity index (χ0n) is 13.9. The van der Waals surface area contributed by atoms with Crippen molar-refractivity contribution in [3.63, 3.8) is 0 Å². The molecule has 5 rings (SSSR count). The summed E-state index contributed by atoms with van der Waals surface area (Å²) in [6, 6.07) is 0. The van der Waals surface area contributed by atoms with Crippen molar-refractivity contribution >= 4 is 23.4 Å². The number of amides is 1. The van der Waals surface area contributed by atoms with Crippen LogP contribution in [-0.4, -0.2) is 33.6 Å². The summed E-state index contributed by atoms with van der Waals surface area (Å²) in [5, 5.41) is 7.11. The van der Waals surface area contributed by atoms with Gasteiger partial charge in [-0.05, 0) is 74.2 Å². The molecule has 4 bridgehead atoms. The standard InChI is InChI=1S/C17H23N3O3S/c1-2-13-15(24-20-19-13)16(22)23-9-14(21)18-17-6-10-3-11(7-17)5-12(4-10)8-17/h10-12H,2-9H2,1H3,(H,18,21). The van der Waals surface area contributed by atoms with Gasteiger partial charge in [0.2, 0.25) is 0 Å². The quantitative estimate of drug-likeness (QED) is 0.825. The highest BCUT2D eigenvalue weighted by atomic mass is 32.1. The number of carbonyl (C=O) groups is 2. The molecule has 4 aliphatic carbocycles. The van der Waals surface area contributed by atoms with Crippen LogP contribution in [0, 0.1) is 17.8 Å². The average molecular weight is 349 g/mol. The molecule has 6 nitrogen and oxygen atoms in total. The Balaban J connectivity index is 1.33. The van der Waals surface area contributed by atoms with E-state index in [2.05, 4.69) is 14.9 Å². The van der Waals surface area contributed by atoms with E-state index >= 15 is 0 Å². The van der Waals surface area contributed by atoms with Crippen molar-refractivity contribution in [2.45, 2.75) is 57.4 Å². The molecule has 0 radical (unpaired) electrons. The summed E-state index contributed by atoms with van der Waals surface area (Å²) in [5.74, 6) is 1.64. The van der Waals surface area contributed by atoms with Crippen LogP contribution < -0.4 is 5.32 Å². The number of nitrogens with zero attached hydrogens (tertiary/aromatic N) is 2. The SMILES string of the molecule is CCc1nnsc1C(=O)OCC(=O)NC12CC3CC(CC(C3)C1)C2. The Bertz CT molecular complexity index is 622. The molecule has 4 fully saturated rings. The number of ether oxygens (including phenoxy) is 1. The van der Waals surface area contributed by atoms with Crippen molar-refractivity contribution in [3.8, 4) is 0 Å². The van der Waals surface area contributed by atoms with Crippen molar-refractivity contribution in [2.75, 3.05) is 6.61 Å². The van der Waals surface area contributed by atoms with Crippen molar-refractivity contribution in [2.24, 2.45) is 17.8 Å². The number of aryl methyl sites for hydroxylation is 1. The van der Waals surface area contributed by atoms with E-state index in [0.717, 1.165) is 48.5 Å². The molecule has 1 N–H and O–H groups in total. The van der Waals surface area contributed by atoms with Crippen molar-refractivity contribution in [3.05, 3.63) is 10.6 Å². The Morgan fingerprint density at radius 1 is 1.21 bits per heavy atom. The molecule has 1 aromatic rings. The number of carbonyl (C=O) groups excluding carboxylic acids is 2. The smallest absolute Gasteiger partial charge is 0.352 e. The molecule has 0 spiro atoms. The van der Waals surface area contributed by atoms with E-state index in [1.807, 2.05) is 6.92 Å². The predicted octanol–water partition coefficient (Wildman–Crippen LogP) is 2.34. The third-order valence-electron chi connectivity index (χ3n) is 5.85. The summed E-state index contributed by atoms with van der Waals surface area (Å²) in [6.45, 7) is 1.69. The highest BCUT2D eigenvalue weighted by Gasteiger charge is 2.51. The topological polar surface area (TPSA) is 81.2 Å². The van der Waals surface area contributed by atoms with Crippen LogP contribution in [0.4, 0.5) is 0 Å². The minimum Gasteiger partial charge on any atom is -0.451 e. The summed E-state index contributed by atoms with van der Waals surface area (Å²) >= 11 is 1.02. The van der Waals surface area contributed by atoms with E-state index < -0.39 is 5.97 Å². The predicted molar refractivity (Wildman–Crippen MR) is 88.6 cm³/mol. The van der Waals surface area contributed by atoms with Gasteiger partial charge in [0.05, 0.1) is 5.69 Å². The van der Waals surface area contributed by atoms with Crippen LogP contribution in [0.1, 0.15) is 60.8 Å². The average Bonchev–Trinajstić information content (AvgIpc) is 2.99. The van der Waals surface area contributed by atoms with Gasteiger partial charge in [-0.15, -0.1) is 5.10 Å². The molecule has 0 atom stereocenters. The highest BCUT2D eigenvalue weighted by Crippen LogP contribution is 2.55. The lowest BCUT2D eigenvalue weighted by molar-refractivity contribution is -0.130. The van der Waals surface area contributed by atoms with Crippen LogP contribution in [0.5, 0.6) is 0 Å². The lowest BCUT2D eigenvalue weighted by Crippen LogP contribution is -2.60. The summed E-state index contributed by atoms with van der Waals surface area (Å²) in [5.41, 5.74) is 0.588. The number of esters is 1. The van der Waals surface area contributed by atoms with E-state index in [1.54, 1.807) is 0 Å². The molecule has 0 aromatic carbocycles. The van der Waals surface area contributed by atoms with Crippen molar-refractivity contribution < 1.29 is 14.3 Å². The summed E-state index contributed by atoms with van der Waals surface area (Å²) in [7, 11) is 0. The Kier molecular flexibility index (Phi) is 4.06. The first kappa shape index (κ1) is 16.0. The van der Waals surface area contributed by atoms with Gasteiger partial charge in [0.15, 0.2) is 11.5 Å². The third kappa shape index (κ3) is 2.94. The van der Waals surface area contributed by atoms with E-state index in [1.165, 1.54) is 19.3 Å². The molecule has 130 valence electrons. The van der Waals surface area contributed by atoms with Gasteiger partial charge in [0.1, 0.15) is 0 Å². The second-order valence-corrected chi connectivity index (χ2v) is 8.48. The maximum atomic E-state index is 12.3. The van der Waals surface area contributed by atoms with Gasteiger partial charge in [-0.1, -0.05) is 11.4 Å². The van der Waals surface area contributed by atoms with E-state index in [0.29, 0.717) is 17.0 Å². The van der Waals surface area contributed by atoms with Gasteiger partial charge in [-0.25, -0.2) is 4.79 Å². The van der Waals surface area contributed by atoms with E-state index in [9.17, 15) is 9.59 Å². The second-order valence-electron chi connectivity index (χ2n) is 7.72. The highest BCUT2D eigenvalue weighted by molar-refractivity contribution is 7.07. The lowest BCUT2D eigenvalue weighted by Gasteiger charge is -2.56. The van der Waals surface area contributed by atoms with Crippen LogP contribution in [0.3, 0.4) is 0 Å². The first-order chi connectivity index (χ1) is 11.6. The molecule has 0 aliphatic heterocycles. The summed E-state index contributed by atoms with van der Waals surface area (Å²) < 4.78 is 8.96. The number of aromatic nitrogens is 2. The van der Waals surface area contributed by atoms with Crippen molar-refractivity contribution in [1.82, 2.24) is 14.9 Å². The van der Waals surface area contributed by atoms with E-state index in [-0.39, 0.29) is 18.1 Å². The van der Waals surface area contributed by atoms with Gasteiger partial charge in [-0.3, -0.25) is 4.79 Å². The Morgan fingerprint density at radius 3 is 2.42 bits per heavy atom. The molecular weight excluding hydrogens is 326 g/mol. The molecule has 7 heteroatoms. The number of hydrogen-bond donors (Lipinski definition) is 1. The van der Waals surface area contributed by atoms with Crippen LogP contribution >= 0.6 is 11.5 Å². The molecule has 24 heavy (non-hydrogen) atoms. The largest absolute Gasteiger partial charge is 0.451 e. The normalized spacial score (nSPS) is 33.5. The van der Waals surface area contributed by atoms with Crippen LogP contribution in [0.15, 0.2) is 0 Å². The fraction of sp³-hybridized carbons (Fsp3) is 0.765. The minimum atomic E-state index is -0.498. The molecule has 1 amide bonds. The first-order valence-electron chi connectivity index (χ1n) is 8.86. The van der Waals surface area contributed by atoms with Gasteiger partial charge in [0, 0.05) is 5.54 Å². The van der Waals surface area contributed by atoms with Crippen molar-refractivity contribution in [1.29, 1.82) is 0 Å². The van der Waals surface area contributed by atoms with Gasteiger partial charge >= 0.3 is 5.97 Å². The third-order valence-corrected chi connectivity index (χ3v) is 6.60. The Morgan fingerprint density at radius 2 is 1.83 bits per heavy atom. The lowest BCUT2D eigenvalue weighted by atomic mass is 9.53. The van der Waals surface area contributed by atoms with Gasteiger partial charge in [-0.2, -0.15) is 0 Å². The fourth-order valence-corrected chi connectivity index (χ4v) is 6.03. The zero-order chi connectivity index (χ0) is 16.7. The molecule has 4 aliphatic rings.